The van der Waals surface area contributed by atoms with Crippen molar-refractivity contribution in [2.24, 2.45) is 0 Å². The topological polar surface area (TPSA) is 45.2 Å². The van der Waals surface area contributed by atoms with E-state index in [1.807, 2.05) is 32.0 Å². The number of para-hydroxylation sites is 1. The molecule has 0 saturated heterocycles. The number of likely N-dealkylation sites (N-methyl/N-ethyl adjacent to an activating group) is 1. The lowest BCUT2D eigenvalue weighted by Gasteiger charge is -2.20. The number of alkyl halides is 3. The second kappa shape index (κ2) is 7.31. The lowest BCUT2D eigenvalue weighted by atomic mass is 10.1. The number of rotatable bonds is 4. The molecule has 0 atom stereocenters. The lowest BCUT2D eigenvalue weighted by molar-refractivity contribution is -0.137. The van der Waals surface area contributed by atoms with Crippen molar-refractivity contribution in [3.8, 4) is 0 Å². The number of nitrogens with zero attached hydrogens (tertiary/aromatic N) is 2. The molecule has 0 unspecified atom stereocenters. The van der Waals surface area contributed by atoms with E-state index in [9.17, 15) is 18.0 Å². The van der Waals surface area contributed by atoms with Crippen LogP contribution in [0.1, 0.15) is 16.7 Å². The zero-order chi connectivity index (χ0) is 18.8. The summed E-state index contributed by atoms with van der Waals surface area (Å²) in [6.45, 7) is 3.65. The number of hydrogen-bond donors (Lipinski definition) is 1. The van der Waals surface area contributed by atoms with Crippen LogP contribution in [0.2, 0.25) is 5.02 Å². The summed E-state index contributed by atoms with van der Waals surface area (Å²) in [5.41, 5.74) is 1.62. The van der Waals surface area contributed by atoms with Gasteiger partial charge in [0.15, 0.2) is 0 Å². The van der Waals surface area contributed by atoms with Crippen molar-refractivity contribution < 1.29 is 18.0 Å². The fourth-order valence-electron chi connectivity index (χ4n) is 2.35. The standard InChI is InChI=1S/C17H17ClF3N3O/c1-10-5-4-6-11(2)15(10)23-14(25)9-24(3)16-13(18)7-12(8-22-16)17(19,20)21/h4-8H,9H2,1-3H3,(H,23,25). The third kappa shape index (κ3) is 4.63. The van der Waals surface area contributed by atoms with Crippen LogP contribution in [0.3, 0.4) is 0 Å². The van der Waals surface area contributed by atoms with Crippen molar-refractivity contribution in [3.05, 3.63) is 52.2 Å². The van der Waals surface area contributed by atoms with Gasteiger partial charge in [0.05, 0.1) is 17.1 Å². The summed E-state index contributed by atoms with van der Waals surface area (Å²) in [6.07, 6.45) is -3.82. The van der Waals surface area contributed by atoms with E-state index in [0.717, 1.165) is 17.2 Å². The second-order valence-electron chi connectivity index (χ2n) is 5.70. The van der Waals surface area contributed by atoms with E-state index in [2.05, 4.69) is 10.3 Å². The van der Waals surface area contributed by atoms with E-state index in [1.165, 1.54) is 11.9 Å². The van der Waals surface area contributed by atoms with E-state index in [1.54, 1.807) is 0 Å². The molecule has 1 aromatic carbocycles. The van der Waals surface area contributed by atoms with Crippen LogP contribution in [-0.2, 0) is 11.0 Å². The van der Waals surface area contributed by atoms with Crippen molar-refractivity contribution in [3.63, 3.8) is 0 Å². The first-order valence-corrected chi connectivity index (χ1v) is 7.77. The fraction of sp³-hybridized carbons (Fsp3) is 0.294. The van der Waals surface area contributed by atoms with Crippen LogP contribution in [0, 0.1) is 13.8 Å². The van der Waals surface area contributed by atoms with Gasteiger partial charge in [-0.25, -0.2) is 4.98 Å². The molecule has 0 fully saturated rings. The molecule has 2 rings (SSSR count). The normalized spacial score (nSPS) is 11.3. The lowest BCUT2D eigenvalue weighted by Crippen LogP contribution is -2.31. The van der Waals surface area contributed by atoms with Crippen molar-refractivity contribution in [2.45, 2.75) is 20.0 Å². The minimum atomic E-state index is -4.52. The predicted molar refractivity (Wildman–Crippen MR) is 92.1 cm³/mol. The molecule has 4 nitrogen and oxygen atoms in total. The molecule has 1 amide bonds. The first-order chi connectivity index (χ1) is 11.6. The Bertz CT molecular complexity index is 773. The number of amides is 1. The number of anilines is 2. The highest BCUT2D eigenvalue weighted by atomic mass is 35.5. The summed E-state index contributed by atoms with van der Waals surface area (Å²) in [4.78, 5) is 17.4. The Hall–Kier alpha value is -2.28. The quantitative estimate of drug-likeness (QED) is 0.863. The van der Waals surface area contributed by atoms with E-state index in [0.29, 0.717) is 11.9 Å². The summed E-state index contributed by atoms with van der Waals surface area (Å²) in [5.74, 6) is -0.219. The number of halogens is 4. The number of nitrogens with one attached hydrogen (secondary N) is 1. The Balaban J connectivity index is 2.11. The summed E-state index contributed by atoms with van der Waals surface area (Å²) >= 11 is 5.89. The largest absolute Gasteiger partial charge is 0.417 e. The molecule has 0 aliphatic rings. The van der Waals surface area contributed by atoms with Crippen LogP contribution >= 0.6 is 11.6 Å². The van der Waals surface area contributed by atoms with Gasteiger partial charge >= 0.3 is 6.18 Å². The maximum atomic E-state index is 12.7. The van der Waals surface area contributed by atoms with Gasteiger partial charge in [-0.05, 0) is 31.0 Å². The third-order valence-corrected chi connectivity index (χ3v) is 3.92. The van der Waals surface area contributed by atoms with Crippen molar-refractivity contribution in [1.29, 1.82) is 0 Å². The van der Waals surface area contributed by atoms with Crippen LogP contribution in [0.4, 0.5) is 24.7 Å². The molecule has 0 bridgehead atoms. The molecule has 25 heavy (non-hydrogen) atoms. The number of aryl methyl sites for hydroxylation is 2. The van der Waals surface area contributed by atoms with Gasteiger partial charge in [-0.2, -0.15) is 13.2 Å². The smallest absolute Gasteiger partial charge is 0.349 e. The van der Waals surface area contributed by atoms with Crippen LogP contribution in [-0.4, -0.2) is 24.5 Å². The molecule has 1 heterocycles. The highest BCUT2D eigenvalue weighted by Gasteiger charge is 2.32. The Morgan fingerprint density at radius 1 is 1.28 bits per heavy atom. The van der Waals surface area contributed by atoms with Crippen molar-refractivity contribution >= 4 is 29.0 Å². The van der Waals surface area contributed by atoms with E-state index < -0.39 is 11.7 Å². The number of carbonyl (C=O) groups excluding carboxylic acids is 1. The van der Waals surface area contributed by atoms with Crippen LogP contribution in [0.15, 0.2) is 30.5 Å². The van der Waals surface area contributed by atoms with E-state index in [-0.39, 0.29) is 23.3 Å². The summed E-state index contributed by atoms with van der Waals surface area (Å²) in [5, 5.41) is 2.63. The first-order valence-electron chi connectivity index (χ1n) is 7.39. The first kappa shape index (κ1) is 19.1. The zero-order valence-corrected chi connectivity index (χ0v) is 14.7. The Kier molecular flexibility index (Phi) is 5.57. The Labute approximate surface area is 148 Å². The average Bonchev–Trinajstić information content (AvgIpc) is 2.50. The molecule has 134 valence electrons. The molecule has 8 heteroatoms. The maximum Gasteiger partial charge on any atom is 0.417 e. The number of aromatic nitrogens is 1. The molecule has 0 aliphatic heterocycles. The maximum absolute atomic E-state index is 12.7. The number of benzene rings is 1. The number of carbonyl (C=O) groups is 1. The highest BCUT2D eigenvalue weighted by Crippen LogP contribution is 2.33. The SMILES string of the molecule is Cc1cccc(C)c1NC(=O)CN(C)c1ncc(C(F)(F)F)cc1Cl. The van der Waals surface area contributed by atoms with Gasteiger partial charge in [0.2, 0.25) is 5.91 Å². The third-order valence-electron chi connectivity index (χ3n) is 3.64. The fourth-order valence-corrected chi connectivity index (χ4v) is 2.66. The van der Waals surface area contributed by atoms with Crippen molar-refractivity contribution in [2.75, 3.05) is 23.8 Å². The van der Waals surface area contributed by atoms with Crippen LogP contribution in [0.25, 0.3) is 0 Å². The average molecular weight is 372 g/mol. The number of pyridine rings is 1. The minimum absolute atomic E-state index is 0.103. The van der Waals surface area contributed by atoms with Crippen LogP contribution in [0.5, 0.6) is 0 Å². The van der Waals surface area contributed by atoms with Gasteiger partial charge < -0.3 is 10.2 Å². The predicted octanol–water partition coefficient (Wildman–Crippen LogP) is 4.45. The van der Waals surface area contributed by atoms with Gasteiger partial charge in [-0.15, -0.1) is 0 Å². The molecule has 0 radical (unpaired) electrons. The molecular weight excluding hydrogens is 355 g/mol. The van der Waals surface area contributed by atoms with E-state index in [4.69, 9.17) is 11.6 Å². The Morgan fingerprint density at radius 3 is 2.40 bits per heavy atom. The molecule has 1 N–H and O–H groups in total. The highest BCUT2D eigenvalue weighted by molar-refractivity contribution is 6.33. The van der Waals surface area contributed by atoms with Crippen LogP contribution < -0.4 is 10.2 Å². The monoisotopic (exact) mass is 371 g/mol. The molecule has 1 aromatic heterocycles. The van der Waals surface area contributed by atoms with Gasteiger partial charge in [-0.3, -0.25) is 4.79 Å². The van der Waals surface area contributed by atoms with Gasteiger partial charge in [-0.1, -0.05) is 29.8 Å². The zero-order valence-electron chi connectivity index (χ0n) is 13.9. The second-order valence-corrected chi connectivity index (χ2v) is 6.11. The number of hydrogen-bond acceptors (Lipinski definition) is 3. The molecule has 2 aromatic rings. The summed E-state index contributed by atoms with van der Waals surface area (Å²) in [6, 6.07) is 6.43. The Morgan fingerprint density at radius 2 is 1.88 bits per heavy atom. The molecular formula is C17H17ClF3N3O. The van der Waals surface area contributed by atoms with Gasteiger partial charge in [0, 0.05) is 18.9 Å². The molecule has 0 spiro atoms. The minimum Gasteiger partial charge on any atom is -0.349 e. The molecule has 0 aliphatic carbocycles. The van der Waals surface area contributed by atoms with Crippen molar-refractivity contribution in [1.82, 2.24) is 4.98 Å². The van der Waals surface area contributed by atoms with Gasteiger partial charge in [0.1, 0.15) is 5.82 Å². The van der Waals surface area contributed by atoms with Gasteiger partial charge in [0.25, 0.3) is 0 Å². The summed E-state index contributed by atoms with van der Waals surface area (Å²) in [7, 11) is 1.53. The molecule has 0 saturated carbocycles. The van der Waals surface area contributed by atoms with E-state index >= 15 is 0 Å². The summed E-state index contributed by atoms with van der Waals surface area (Å²) < 4.78 is 38.0.